The molecule has 0 aromatic heterocycles. The van der Waals surface area contributed by atoms with Gasteiger partial charge in [-0.15, -0.1) is 0 Å². The molecule has 0 N–H and O–H groups in total. The summed E-state index contributed by atoms with van der Waals surface area (Å²) < 4.78 is 4.44. The van der Waals surface area contributed by atoms with Crippen molar-refractivity contribution < 1.29 is 14.3 Å². The molecule has 1 aliphatic rings. The molecule has 0 aromatic rings. The highest BCUT2D eigenvalue weighted by molar-refractivity contribution is 6.02. The van der Waals surface area contributed by atoms with E-state index in [-0.39, 0.29) is 5.91 Å². The van der Waals surface area contributed by atoms with E-state index in [9.17, 15) is 9.59 Å². The van der Waals surface area contributed by atoms with E-state index in [2.05, 4.69) is 4.74 Å². The molecule has 11 heavy (non-hydrogen) atoms. The Morgan fingerprint density at radius 2 is 2.36 bits per heavy atom. The highest BCUT2D eigenvalue weighted by Gasteiger charge is 2.22. The Morgan fingerprint density at radius 3 is 2.73 bits per heavy atom. The first-order valence-corrected chi connectivity index (χ1v) is 3.19. The molecule has 0 unspecified atom stereocenters. The zero-order valence-corrected chi connectivity index (χ0v) is 6.46. The molecule has 4 nitrogen and oxygen atoms in total. The number of amides is 1. The van der Waals surface area contributed by atoms with Crippen LogP contribution in [0.3, 0.4) is 0 Å². The van der Waals surface area contributed by atoms with Crippen molar-refractivity contribution in [3.05, 3.63) is 11.6 Å². The topological polar surface area (TPSA) is 46.6 Å². The number of nitrogens with zero attached hydrogens (tertiary/aromatic N) is 1. The summed E-state index contributed by atoms with van der Waals surface area (Å²) in [5, 5.41) is 0. The third-order valence-corrected chi connectivity index (χ3v) is 1.53. The van der Waals surface area contributed by atoms with Gasteiger partial charge in [0, 0.05) is 13.1 Å². The van der Waals surface area contributed by atoms with Crippen molar-refractivity contribution in [2.24, 2.45) is 0 Å². The molecular formula is C7H9NO3. The van der Waals surface area contributed by atoms with E-state index in [0.29, 0.717) is 12.1 Å². The van der Waals surface area contributed by atoms with Crippen molar-refractivity contribution in [1.29, 1.82) is 0 Å². The molecule has 0 saturated heterocycles. The monoisotopic (exact) mass is 155 g/mol. The van der Waals surface area contributed by atoms with Gasteiger partial charge < -0.3 is 9.64 Å². The van der Waals surface area contributed by atoms with Crippen LogP contribution in [-0.2, 0) is 14.3 Å². The Bertz CT molecular complexity index is 232. The van der Waals surface area contributed by atoms with Crippen LogP contribution in [0.25, 0.3) is 0 Å². The molecule has 4 heteroatoms. The minimum atomic E-state index is -0.428. The van der Waals surface area contributed by atoms with Crippen LogP contribution in [0.2, 0.25) is 0 Å². The first-order valence-electron chi connectivity index (χ1n) is 3.19. The summed E-state index contributed by atoms with van der Waals surface area (Å²) in [4.78, 5) is 23.1. The third-order valence-electron chi connectivity index (χ3n) is 1.53. The minimum Gasteiger partial charge on any atom is -0.466 e. The van der Waals surface area contributed by atoms with Crippen LogP contribution in [0.4, 0.5) is 0 Å². The minimum absolute atomic E-state index is 0.148. The van der Waals surface area contributed by atoms with Crippen molar-refractivity contribution in [2.75, 3.05) is 20.7 Å². The number of hydrogen-bond donors (Lipinski definition) is 0. The van der Waals surface area contributed by atoms with Gasteiger partial charge in [0.05, 0.1) is 19.2 Å². The molecule has 0 radical (unpaired) electrons. The van der Waals surface area contributed by atoms with Crippen LogP contribution < -0.4 is 0 Å². The van der Waals surface area contributed by atoms with Gasteiger partial charge in [-0.2, -0.15) is 0 Å². The summed E-state index contributed by atoms with van der Waals surface area (Å²) in [7, 11) is 2.93. The van der Waals surface area contributed by atoms with Crippen molar-refractivity contribution >= 4 is 11.9 Å². The fourth-order valence-electron chi connectivity index (χ4n) is 0.893. The van der Waals surface area contributed by atoms with Crippen LogP contribution in [0.15, 0.2) is 11.6 Å². The molecule has 60 valence electrons. The molecule has 0 spiro atoms. The lowest BCUT2D eigenvalue weighted by atomic mass is 10.3. The van der Waals surface area contributed by atoms with Crippen molar-refractivity contribution in [3.63, 3.8) is 0 Å². The number of carbonyl (C=O) groups excluding carboxylic acids is 2. The largest absolute Gasteiger partial charge is 0.466 e. The predicted octanol–water partition coefficient (Wildman–Crippen LogP) is -0.442. The highest BCUT2D eigenvalue weighted by atomic mass is 16.5. The van der Waals surface area contributed by atoms with Gasteiger partial charge in [0.2, 0.25) is 5.91 Å². The van der Waals surface area contributed by atoms with Crippen molar-refractivity contribution in [2.45, 2.75) is 0 Å². The van der Waals surface area contributed by atoms with Gasteiger partial charge in [-0.05, 0) is 0 Å². The van der Waals surface area contributed by atoms with Gasteiger partial charge in [0.25, 0.3) is 0 Å². The van der Waals surface area contributed by atoms with Gasteiger partial charge in [0.1, 0.15) is 0 Å². The Morgan fingerprint density at radius 1 is 1.73 bits per heavy atom. The van der Waals surface area contributed by atoms with Crippen LogP contribution in [0.1, 0.15) is 0 Å². The average molecular weight is 155 g/mol. The van der Waals surface area contributed by atoms with Gasteiger partial charge in [-0.1, -0.05) is 0 Å². The van der Waals surface area contributed by atoms with Crippen LogP contribution >= 0.6 is 0 Å². The molecule has 0 aromatic carbocycles. The Labute approximate surface area is 64.4 Å². The Hall–Kier alpha value is -1.32. The first kappa shape index (κ1) is 7.78. The molecule has 0 fully saturated rings. The van der Waals surface area contributed by atoms with E-state index in [1.165, 1.54) is 18.1 Å². The maximum absolute atomic E-state index is 10.8. The normalized spacial score (nSPS) is 16.7. The zero-order valence-electron chi connectivity index (χ0n) is 6.46. The molecule has 1 rings (SSSR count). The van der Waals surface area contributed by atoms with Gasteiger partial charge in [-0.25, -0.2) is 4.79 Å². The number of likely N-dealkylation sites (N-methyl/N-ethyl adjacent to an activating group) is 1. The highest BCUT2D eigenvalue weighted by Crippen LogP contribution is 2.08. The standard InChI is InChI=1S/C7H9NO3/c1-8-4-5(3-6(8)9)7(10)11-2/h3H,4H2,1-2H3. The predicted molar refractivity (Wildman–Crippen MR) is 37.7 cm³/mol. The first-order chi connectivity index (χ1) is 5.15. The zero-order chi connectivity index (χ0) is 8.43. The van der Waals surface area contributed by atoms with Gasteiger partial charge in [0.15, 0.2) is 0 Å². The maximum Gasteiger partial charge on any atom is 0.335 e. The van der Waals surface area contributed by atoms with Gasteiger partial charge >= 0.3 is 5.97 Å². The number of esters is 1. The Kier molecular flexibility index (Phi) is 1.94. The summed E-state index contributed by atoms with van der Waals surface area (Å²) in [6.45, 7) is 0.353. The van der Waals surface area contributed by atoms with E-state index >= 15 is 0 Å². The van der Waals surface area contributed by atoms with E-state index in [1.807, 2.05) is 0 Å². The summed E-state index contributed by atoms with van der Waals surface area (Å²) in [6, 6.07) is 0. The lowest BCUT2D eigenvalue weighted by Gasteiger charge is -2.06. The summed E-state index contributed by atoms with van der Waals surface area (Å²) in [5.74, 6) is -0.576. The molecule has 1 amide bonds. The molecule has 0 aliphatic carbocycles. The molecular weight excluding hydrogens is 146 g/mol. The molecule has 1 heterocycles. The molecule has 1 aliphatic heterocycles. The third kappa shape index (κ3) is 1.39. The molecule has 0 bridgehead atoms. The number of carbonyl (C=O) groups is 2. The second-order valence-corrected chi connectivity index (χ2v) is 2.36. The summed E-state index contributed by atoms with van der Waals surface area (Å²) in [5.41, 5.74) is 0.417. The molecule has 0 saturated carbocycles. The number of hydrogen-bond acceptors (Lipinski definition) is 3. The van der Waals surface area contributed by atoms with E-state index in [0.717, 1.165) is 0 Å². The number of methoxy groups -OCH3 is 1. The van der Waals surface area contributed by atoms with Crippen LogP contribution in [0, 0.1) is 0 Å². The van der Waals surface area contributed by atoms with Crippen molar-refractivity contribution in [3.8, 4) is 0 Å². The van der Waals surface area contributed by atoms with Crippen molar-refractivity contribution in [1.82, 2.24) is 4.90 Å². The van der Waals surface area contributed by atoms with Crippen LogP contribution in [0.5, 0.6) is 0 Å². The molecule has 0 atom stereocenters. The lowest BCUT2D eigenvalue weighted by Crippen LogP contribution is -2.21. The fraction of sp³-hybridized carbons (Fsp3) is 0.429. The lowest BCUT2D eigenvalue weighted by molar-refractivity contribution is -0.136. The SMILES string of the molecule is COC(=O)C1=CC(=O)N(C)C1. The number of rotatable bonds is 1. The maximum atomic E-state index is 10.8. The summed E-state index contributed by atoms with van der Waals surface area (Å²) >= 11 is 0. The fourth-order valence-corrected chi connectivity index (χ4v) is 0.893. The second kappa shape index (κ2) is 2.74. The van der Waals surface area contributed by atoms with Gasteiger partial charge in [-0.3, -0.25) is 4.79 Å². The Balaban J connectivity index is 2.71. The number of ether oxygens (including phenoxy) is 1. The van der Waals surface area contributed by atoms with E-state index in [4.69, 9.17) is 0 Å². The smallest absolute Gasteiger partial charge is 0.335 e. The quantitative estimate of drug-likeness (QED) is 0.482. The summed E-state index contributed by atoms with van der Waals surface area (Å²) in [6.07, 6.45) is 1.30. The van der Waals surface area contributed by atoms with E-state index in [1.54, 1.807) is 7.05 Å². The van der Waals surface area contributed by atoms with Crippen LogP contribution in [-0.4, -0.2) is 37.5 Å². The average Bonchev–Trinajstić information content (AvgIpc) is 2.31. The van der Waals surface area contributed by atoms with E-state index < -0.39 is 5.97 Å². The second-order valence-electron chi connectivity index (χ2n) is 2.36.